The van der Waals surface area contributed by atoms with Gasteiger partial charge < -0.3 is 14.0 Å². The molecule has 5 nitrogen and oxygen atoms in total. The standard InChI is InChI=1S/C23H24N4O/c28-23(16-26-14-11-19-5-1-3-7-21(19)26)25-12-9-18(10-13-25)15-27-17-24-20-6-2-4-8-22(20)27/h1-8,11,14,17-18H,9-10,12-13,15-16H2. The molecule has 1 amide bonds. The quantitative estimate of drug-likeness (QED) is 0.545. The number of fused-ring (bicyclic) bond motifs is 2. The van der Waals surface area contributed by atoms with Crippen LogP contribution in [0.25, 0.3) is 21.9 Å². The van der Waals surface area contributed by atoms with E-state index in [4.69, 9.17) is 0 Å². The predicted molar refractivity (Wildman–Crippen MR) is 111 cm³/mol. The molecule has 0 aliphatic carbocycles. The second-order valence-corrected chi connectivity index (χ2v) is 7.71. The number of carbonyl (C=O) groups excluding carboxylic acids is 1. The summed E-state index contributed by atoms with van der Waals surface area (Å²) in [4.78, 5) is 19.3. The van der Waals surface area contributed by atoms with E-state index in [1.165, 1.54) is 10.9 Å². The number of rotatable bonds is 4. The number of piperidine rings is 1. The van der Waals surface area contributed by atoms with Crippen molar-refractivity contribution in [2.45, 2.75) is 25.9 Å². The Morgan fingerprint density at radius 1 is 0.929 bits per heavy atom. The maximum Gasteiger partial charge on any atom is 0.242 e. The van der Waals surface area contributed by atoms with Crippen molar-refractivity contribution in [3.8, 4) is 0 Å². The zero-order valence-electron chi connectivity index (χ0n) is 15.9. The van der Waals surface area contributed by atoms with E-state index in [0.717, 1.165) is 43.5 Å². The third kappa shape index (κ3) is 3.17. The van der Waals surface area contributed by atoms with Gasteiger partial charge in [0.2, 0.25) is 5.91 Å². The van der Waals surface area contributed by atoms with Gasteiger partial charge in [-0.15, -0.1) is 0 Å². The third-order valence-corrected chi connectivity index (χ3v) is 5.94. The fourth-order valence-electron chi connectivity index (χ4n) is 4.32. The average molecular weight is 372 g/mol. The summed E-state index contributed by atoms with van der Waals surface area (Å²) in [5, 5.41) is 1.18. The number of aromatic nitrogens is 3. The molecule has 0 N–H and O–H groups in total. The SMILES string of the molecule is O=C(Cn1ccc2ccccc21)N1CCC(Cn2cnc3ccccc32)CC1. The normalized spacial score (nSPS) is 15.5. The molecule has 2 aromatic heterocycles. The molecule has 142 valence electrons. The topological polar surface area (TPSA) is 43.1 Å². The molecule has 0 bridgehead atoms. The lowest BCUT2D eigenvalue weighted by Gasteiger charge is -2.32. The lowest BCUT2D eigenvalue weighted by molar-refractivity contribution is -0.133. The maximum absolute atomic E-state index is 12.8. The van der Waals surface area contributed by atoms with Gasteiger partial charge in [-0.25, -0.2) is 4.98 Å². The van der Waals surface area contributed by atoms with Crippen molar-refractivity contribution in [2.75, 3.05) is 13.1 Å². The van der Waals surface area contributed by atoms with Gasteiger partial charge in [0.15, 0.2) is 0 Å². The van der Waals surface area contributed by atoms with Crippen molar-refractivity contribution in [3.63, 3.8) is 0 Å². The number of likely N-dealkylation sites (tertiary alicyclic amines) is 1. The predicted octanol–water partition coefficient (Wildman–Crippen LogP) is 3.93. The smallest absolute Gasteiger partial charge is 0.242 e. The van der Waals surface area contributed by atoms with Gasteiger partial charge >= 0.3 is 0 Å². The third-order valence-electron chi connectivity index (χ3n) is 5.94. The molecule has 1 aliphatic heterocycles. The Morgan fingerprint density at radius 3 is 2.54 bits per heavy atom. The first-order valence-electron chi connectivity index (χ1n) is 9.99. The Labute approximate surface area is 164 Å². The number of imidazole rings is 1. The highest BCUT2D eigenvalue weighted by Gasteiger charge is 2.23. The van der Waals surface area contributed by atoms with Crippen LogP contribution in [0.3, 0.4) is 0 Å². The molecular formula is C23H24N4O. The van der Waals surface area contributed by atoms with E-state index in [1.807, 2.05) is 35.6 Å². The van der Waals surface area contributed by atoms with Crippen LogP contribution >= 0.6 is 0 Å². The van der Waals surface area contributed by atoms with Gasteiger partial charge in [-0.3, -0.25) is 4.79 Å². The van der Waals surface area contributed by atoms with Crippen molar-refractivity contribution >= 4 is 27.8 Å². The molecule has 1 saturated heterocycles. The minimum atomic E-state index is 0.216. The molecular weight excluding hydrogens is 348 g/mol. The first-order valence-corrected chi connectivity index (χ1v) is 9.99. The molecule has 5 heteroatoms. The monoisotopic (exact) mass is 372 g/mol. The summed E-state index contributed by atoms with van der Waals surface area (Å²) in [5.74, 6) is 0.807. The minimum Gasteiger partial charge on any atom is -0.341 e. The van der Waals surface area contributed by atoms with Crippen LogP contribution in [0.1, 0.15) is 12.8 Å². The van der Waals surface area contributed by atoms with Gasteiger partial charge in [0, 0.05) is 31.3 Å². The molecule has 0 atom stereocenters. The zero-order chi connectivity index (χ0) is 18.9. The molecule has 1 fully saturated rings. The fraction of sp³-hybridized carbons (Fsp3) is 0.304. The number of benzene rings is 2. The Morgan fingerprint density at radius 2 is 1.68 bits per heavy atom. The number of para-hydroxylation sites is 3. The van der Waals surface area contributed by atoms with Gasteiger partial charge in [-0.1, -0.05) is 30.3 Å². The second kappa shape index (κ2) is 7.15. The summed E-state index contributed by atoms with van der Waals surface area (Å²) in [5.41, 5.74) is 3.37. The van der Waals surface area contributed by atoms with Crippen LogP contribution in [0.5, 0.6) is 0 Å². The Bertz CT molecular complexity index is 1120. The van der Waals surface area contributed by atoms with Gasteiger partial charge in [0.1, 0.15) is 6.54 Å². The van der Waals surface area contributed by atoms with Crippen LogP contribution in [0, 0.1) is 5.92 Å². The van der Waals surface area contributed by atoms with Gasteiger partial charge in [0.05, 0.1) is 17.4 Å². The van der Waals surface area contributed by atoms with Crippen LogP contribution < -0.4 is 0 Å². The highest BCUT2D eigenvalue weighted by atomic mass is 16.2. The van der Waals surface area contributed by atoms with E-state index in [1.54, 1.807) is 0 Å². The van der Waals surface area contributed by atoms with Crippen LogP contribution in [0.4, 0.5) is 0 Å². The van der Waals surface area contributed by atoms with Crippen LogP contribution in [-0.2, 0) is 17.9 Å². The highest BCUT2D eigenvalue weighted by Crippen LogP contribution is 2.22. The number of hydrogen-bond acceptors (Lipinski definition) is 2. The summed E-state index contributed by atoms with van der Waals surface area (Å²) in [6.07, 6.45) is 6.05. The molecule has 2 aromatic carbocycles. The molecule has 0 unspecified atom stereocenters. The largest absolute Gasteiger partial charge is 0.341 e. The first-order chi connectivity index (χ1) is 13.8. The number of amides is 1. The Hall–Kier alpha value is -3.08. The lowest BCUT2D eigenvalue weighted by Crippen LogP contribution is -2.40. The Balaban J connectivity index is 1.20. The van der Waals surface area contributed by atoms with E-state index in [0.29, 0.717) is 12.5 Å². The van der Waals surface area contributed by atoms with Gasteiger partial charge in [0.25, 0.3) is 0 Å². The molecule has 4 aromatic rings. The molecule has 3 heterocycles. The minimum absolute atomic E-state index is 0.216. The first kappa shape index (κ1) is 17.0. The van der Waals surface area contributed by atoms with E-state index >= 15 is 0 Å². The van der Waals surface area contributed by atoms with Crippen molar-refractivity contribution in [3.05, 3.63) is 67.1 Å². The number of nitrogens with zero attached hydrogens (tertiary/aromatic N) is 4. The van der Waals surface area contributed by atoms with Crippen molar-refractivity contribution in [1.29, 1.82) is 0 Å². The summed E-state index contributed by atoms with van der Waals surface area (Å²) in [6, 6.07) is 18.6. The lowest BCUT2D eigenvalue weighted by atomic mass is 9.96. The van der Waals surface area contributed by atoms with Crippen molar-refractivity contribution in [2.24, 2.45) is 5.92 Å². The molecule has 0 saturated carbocycles. The second-order valence-electron chi connectivity index (χ2n) is 7.71. The van der Waals surface area contributed by atoms with Crippen LogP contribution in [0.2, 0.25) is 0 Å². The molecule has 1 aliphatic rings. The summed E-state index contributed by atoms with van der Waals surface area (Å²) >= 11 is 0. The molecule has 0 spiro atoms. The molecule has 5 rings (SSSR count). The number of carbonyl (C=O) groups is 1. The summed E-state index contributed by atoms with van der Waals surface area (Å²) in [7, 11) is 0. The highest BCUT2D eigenvalue weighted by molar-refractivity contribution is 5.83. The number of hydrogen-bond donors (Lipinski definition) is 0. The van der Waals surface area contributed by atoms with Gasteiger partial charge in [-0.2, -0.15) is 0 Å². The van der Waals surface area contributed by atoms with E-state index in [-0.39, 0.29) is 5.91 Å². The van der Waals surface area contributed by atoms with Gasteiger partial charge in [-0.05, 0) is 48.4 Å². The Kier molecular flexibility index (Phi) is 4.35. The van der Waals surface area contributed by atoms with Crippen molar-refractivity contribution in [1.82, 2.24) is 19.0 Å². The van der Waals surface area contributed by atoms with E-state index in [9.17, 15) is 4.79 Å². The average Bonchev–Trinajstić information content (AvgIpc) is 3.33. The summed E-state index contributed by atoms with van der Waals surface area (Å²) in [6.45, 7) is 3.08. The van der Waals surface area contributed by atoms with Crippen LogP contribution in [0.15, 0.2) is 67.1 Å². The van der Waals surface area contributed by atoms with E-state index < -0.39 is 0 Å². The summed E-state index contributed by atoms with van der Waals surface area (Å²) < 4.78 is 4.31. The molecule has 28 heavy (non-hydrogen) atoms. The zero-order valence-corrected chi connectivity index (χ0v) is 15.9. The maximum atomic E-state index is 12.8. The fourth-order valence-corrected chi connectivity index (χ4v) is 4.32. The van der Waals surface area contributed by atoms with Crippen molar-refractivity contribution < 1.29 is 4.79 Å². The van der Waals surface area contributed by atoms with Crippen LogP contribution in [-0.4, -0.2) is 38.0 Å². The van der Waals surface area contributed by atoms with E-state index in [2.05, 4.69) is 50.5 Å². The molecule has 0 radical (unpaired) electrons.